The second-order valence-electron chi connectivity index (χ2n) is 7.46. The zero-order chi connectivity index (χ0) is 21.2. The van der Waals surface area contributed by atoms with Crippen molar-refractivity contribution in [3.8, 4) is 0 Å². The number of nitrogens with zero attached hydrogens (tertiary/aromatic N) is 4. The summed E-state index contributed by atoms with van der Waals surface area (Å²) in [6.07, 6.45) is 3.68. The summed E-state index contributed by atoms with van der Waals surface area (Å²) in [5.74, 6) is 1.31. The molecule has 1 fully saturated rings. The maximum absolute atomic E-state index is 12.4. The van der Waals surface area contributed by atoms with E-state index in [0.717, 1.165) is 51.5 Å². The summed E-state index contributed by atoms with van der Waals surface area (Å²) >= 11 is 0. The molecule has 1 aliphatic heterocycles. The lowest BCUT2D eigenvalue weighted by atomic mass is 10.2. The van der Waals surface area contributed by atoms with Crippen molar-refractivity contribution in [1.29, 1.82) is 0 Å². The molecule has 0 radical (unpaired) electrons. The zero-order valence-corrected chi connectivity index (χ0v) is 20.8. The van der Waals surface area contributed by atoms with Gasteiger partial charge in [0.2, 0.25) is 0 Å². The number of carbonyl (C=O) groups excluding carboxylic acids is 1. The van der Waals surface area contributed by atoms with Gasteiger partial charge in [0.1, 0.15) is 0 Å². The molecular weight excluding hydrogens is 505 g/mol. The normalized spacial score (nSPS) is 14.2. The molecule has 31 heavy (non-hydrogen) atoms. The topological polar surface area (TPSA) is 64.3 Å². The van der Waals surface area contributed by atoms with Crippen molar-refractivity contribution in [3.63, 3.8) is 0 Å². The lowest BCUT2D eigenvalue weighted by Crippen LogP contribution is -2.53. The second-order valence-corrected chi connectivity index (χ2v) is 7.46. The molecule has 2 heterocycles. The second kappa shape index (κ2) is 13.2. The third-order valence-electron chi connectivity index (χ3n) is 5.29. The molecule has 2 aromatic rings. The Hall–Kier alpha value is -2.23. The van der Waals surface area contributed by atoms with Crippen molar-refractivity contribution in [2.45, 2.75) is 19.8 Å². The van der Waals surface area contributed by atoms with Gasteiger partial charge in [-0.3, -0.25) is 9.79 Å². The molecule has 170 valence electrons. The van der Waals surface area contributed by atoms with Crippen molar-refractivity contribution in [2.24, 2.45) is 4.99 Å². The SMILES string of the molecule is CCNC(=NCCCCN(C)c1ccccc1)N1CCN(C(=O)c2ccco2)CC1.I. The van der Waals surface area contributed by atoms with Crippen molar-refractivity contribution >= 4 is 41.5 Å². The quantitative estimate of drug-likeness (QED) is 0.241. The van der Waals surface area contributed by atoms with Gasteiger partial charge in [0.05, 0.1) is 6.26 Å². The fourth-order valence-corrected chi connectivity index (χ4v) is 3.56. The van der Waals surface area contributed by atoms with E-state index in [4.69, 9.17) is 9.41 Å². The highest BCUT2D eigenvalue weighted by Crippen LogP contribution is 2.12. The first-order valence-electron chi connectivity index (χ1n) is 10.8. The number of piperazine rings is 1. The van der Waals surface area contributed by atoms with E-state index in [0.29, 0.717) is 18.8 Å². The third kappa shape index (κ3) is 7.45. The van der Waals surface area contributed by atoms with E-state index in [1.165, 1.54) is 12.0 Å². The molecule has 0 unspecified atom stereocenters. The Morgan fingerprint density at radius 1 is 1.06 bits per heavy atom. The van der Waals surface area contributed by atoms with Crippen LogP contribution < -0.4 is 10.2 Å². The molecular formula is C23H34IN5O2. The van der Waals surface area contributed by atoms with Gasteiger partial charge in [-0.05, 0) is 44.0 Å². The monoisotopic (exact) mass is 539 g/mol. The standard InChI is InChI=1S/C23H33N5O2.HI/c1-3-24-23(25-13-7-8-14-26(2)20-10-5-4-6-11-20)28-17-15-27(16-18-28)22(29)21-12-9-19-30-21;/h4-6,9-12,19H,3,7-8,13-18H2,1-2H3,(H,24,25);1H. The Balaban J connectivity index is 0.00000341. The Bertz CT molecular complexity index is 790. The number of anilines is 1. The van der Waals surface area contributed by atoms with Crippen LogP contribution in [0.25, 0.3) is 0 Å². The van der Waals surface area contributed by atoms with Crippen molar-refractivity contribution in [3.05, 3.63) is 54.5 Å². The van der Waals surface area contributed by atoms with E-state index < -0.39 is 0 Å². The van der Waals surface area contributed by atoms with Crippen LogP contribution in [0.3, 0.4) is 0 Å². The molecule has 1 amide bonds. The van der Waals surface area contributed by atoms with Gasteiger partial charge < -0.3 is 24.4 Å². The molecule has 0 saturated carbocycles. The number of nitrogens with one attached hydrogen (secondary N) is 1. The van der Waals surface area contributed by atoms with E-state index in [-0.39, 0.29) is 29.9 Å². The first-order valence-corrected chi connectivity index (χ1v) is 10.8. The molecule has 8 heteroatoms. The number of hydrogen-bond donors (Lipinski definition) is 1. The van der Waals surface area contributed by atoms with E-state index >= 15 is 0 Å². The molecule has 1 aromatic heterocycles. The minimum Gasteiger partial charge on any atom is -0.459 e. The van der Waals surface area contributed by atoms with Crippen LogP contribution in [0, 0.1) is 0 Å². The fraction of sp³-hybridized carbons (Fsp3) is 0.478. The highest BCUT2D eigenvalue weighted by molar-refractivity contribution is 14.0. The maximum atomic E-state index is 12.4. The van der Waals surface area contributed by atoms with Crippen molar-refractivity contribution in [1.82, 2.24) is 15.1 Å². The van der Waals surface area contributed by atoms with Crippen molar-refractivity contribution in [2.75, 3.05) is 57.8 Å². The van der Waals surface area contributed by atoms with Gasteiger partial charge in [-0.1, -0.05) is 18.2 Å². The summed E-state index contributed by atoms with van der Waals surface area (Å²) in [5, 5.41) is 3.39. The summed E-state index contributed by atoms with van der Waals surface area (Å²) in [4.78, 5) is 23.6. The number of halogens is 1. The third-order valence-corrected chi connectivity index (χ3v) is 5.29. The molecule has 1 saturated heterocycles. The molecule has 1 aromatic carbocycles. The van der Waals surface area contributed by atoms with Crippen LogP contribution in [0.2, 0.25) is 0 Å². The van der Waals surface area contributed by atoms with Gasteiger partial charge in [-0.15, -0.1) is 24.0 Å². The summed E-state index contributed by atoms with van der Waals surface area (Å²) < 4.78 is 5.24. The predicted octanol–water partition coefficient (Wildman–Crippen LogP) is 3.54. The summed E-state index contributed by atoms with van der Waals surface area (Å²) in [5.41, 5.74) is 1.25. The highest BCUT2D eigenvalue weighted by atomic mass is 127. The molecule has 0 aliphatic carbocycles. The number of benzene rings is 1. The number of carbonyl (C=O) groups is 1. The van der Waals surface area contributed by atoms with Gasteiger partial charge in [-0.2, -0.15) is 0 Å². The van der Waals surface area contributed by atoms with Crippen LogP contribution in [0.5, 0.6) is 0 Å². The van der Waals surface area contributed by atoms with Gasteiger partial charge in [0, 0.05) is 58.5 Å². The first-order chi connectivity index (χ1) is 14.7. The van der Waals surface area contributed by atoms with Crippen LogP contribution in [-0.4, -0.2) is 74.5 Å². The number of hydrogen-bond acceptors (Lipinski definition) is 4. The van der Waals surface area contributed by atoms with Gasteiger partial charge in [-0.25, -0.2) is 0 Å². The lowest BCUT2D eigenvalue weighted by Gasteiger charge is -2.36. The minimum atomic E-state index is -0.0378. The van der Waals surface area contributed by atoms with Gasteiger partial charge in [0.15, 0.2) is 11.7 Å². The number of guanidine groups is 1. The molecule has 1 aliphatic rings. The fourth-order valence-electron chi connectivity index (χ4n) is 3.56. The average Bonchev–Trinajstić information content (AvgIpc) is 3.33. The summed E-state index contributed by atoms with van der Waals surface area (Å²) in [6.45, 7) is 7.63. The van der Waals surface area contributed by atoms with Gasteiger partial charge in [0.25, 0.3) is 5.91 Å². The molecule has 7 nitrogen and oxygen atoms in total. The number of amides is 1. The smallest absolute Gasteiger partial charge is 0.289 e. The average molecular weight is 539 g/mol. The van der Waals surface area contributed by atoms with Crippen LogP contribution in [0.1, 0.15) is 30.3 Å². The molecule has 0 spiro atoms. The van der Waals surface area contributed by atoms with E-state index in [1.807, 2.05) is 11.0 Å². The van der Waals surface area contributed by atoms with Crippen LogP contribution in [0.4, 0.5) is 5.69 Å². The first kappa shape index (κ1) is 25.0. The number of aliphatic imine (C=N–C) groups is 1. The predicted molar refractivity (Wildman–Crippen MR) is 137 cm³/mol. The summed E-state index contributed by atoms with van der Waals surface area (Å²) in [6, 6.07) is 13.9. The Morgan fingerprint density at radius 3 is 2.42 bits per heavy atom. The maximum Gasteiger partial charge on any atom is 0.289 e. The number of para-hydroxylation sites is 1. The Labute approximate surface area is 202 Å². The van der Waals surface area contributed by atoms with Crippen LogP contribution in [-0.2, 0) is 0 Å². The summed E-state index contributed by atoms with van der Waals surface area (Å²) in [7, 11) is 2.13. The van der Waals surface area contributed by atoms with E-state index in [1.54, 1.807) is 12.1 Å². The molecule has 3 rings (SSSR count). The highest BCUT2D eigenvalue weighted by Gasteiger charge is 2.25. The molecule has 0 atom stereocenters. The molecule has 0 bridgehead atoms. The van der Waals surface area contributed by atoms with Gasteiger partial charge >= 0.3 is 0 Å². The lowest BCUT2D eigenvalue weighted by molar-refractivity contribution is 0.0657. The largest absolute Gasteiger partial charge is 0.459 e. The zero-order valence-electron chi connectivity index (χ0n) is 18.5. The van der Waals surface area contributed by atoms with E-state index in [9.17, 15) is 4.79 Å². The molecule has 1 N–H and O–H groups in total. The van der Waals surface area contributed by atoms with Crippen LogP contribution >= 0.6 is 24.0 Å². The van der Waals surface area contributed by atoms with E-state index in [2.05, 4.69) is 53.4 Å². The Morgan fingerprint density at radius 2 is 1.77 bits per heavy atom. The minimum absolute atomic E-state index is 0. The number of unbranched alkanes of at least 4 members (excludes halogenated alkanes) is 1. The van der Waals surface area contributed by atoms with Crippen molar-refractivity contribution < 1.29 is 9.21 Å². The Kier molecular flexibility index (Phi) is 10.7. The van der Waals surface area contributed by atoms with Crippen LogP contribution in [0.15, 0.2) is 58.1 Å². The number of furan rings is 1. The number of rotatable bonds is 8.